The Hall–Kier alpha value is -2.11. The van der Waals surface area contributed by atoms with E-state index in [1.807, 2.05) is 0 Å². The predicted octanol–water partition coefficient (Wildman–Crippen LogP) is -1.21. The largest absolute Gasteiger partial charge is 0.481 e. The SMILES string of the molecule is CNc1ncnc2c1ncn2[C@@H]1O[C@H](COP(=O)(O)OP(=O)(O)OCC(C)(C)[C@@H](O)C(=O)NCCC(=O)NCCS)[C@@H](OP(=O)(O)O)[C@H]1O. The normalized spacial score (nSPS) is 23.1. The van der Waals surface area contributed by atoms with Crippen LogP contribution in [0.1, 0.15) is 26.5 Å². The topological polar surface area (TPSA) is 333 Å². The van der Waals surface area contributed by atoms with Crippen molar-refractivity contribution in [3.8, 4) is 0 Å². The number of imidazole rings is 1. The Labute approximate surface area is 283 Å². The van der Waals surface area contributed by atoms with E-state index in [1.54, 1.807) is 7.05 Å². The minimum Gasteiger partial charge on any atom is -0.386 e. The minimum absolute atomic E-state index is 0.0980. The van der Waals surface area contributed by atoms with Gasteiger partial charge in [0.05, 0.1) is 19.5 Å². The van der Waals surface area contributed by atoms with Crippen molar-refractivity contribution < 1.29 is 75.7 Å². The van der Waals surface area contributed by atoms with Gasteiger partial charge in [-0.2, -0.15) is 16.9 Å². The third-order valence-corrected chi connectivity index (χ3v) is 10.0. The van der Waals surface area contributed by atoms with E-state index in [9.17, 15) is 53.1 Å². The Kier molecular flexibility index (Phi) is 14.3. The molecule has 2 amide bonds. The molecular formula is C22H38N7O16P3S. The average molecular weight is 782 g/mol. The van der Waals surface area contributed by atoms with Crippen LogP contribution in [0.5, 0.6) is 0 Å². The summed E-state index contributed by atoms with van der Waals surface area (Å²) in [5.74, 6) is -0.597. The molecule has 0 aromatic carbocycles. The summed E-state index contributed by atoms with van der Waals surface area (Å²) in [5, 5.41) is 29.0. The van der Waals surface area contributed by atoms with Gasteiger partial charge in [-0.15, -0.1) is 0 Å². The van der Waals surface area contributed by atoms with Gasteiger partial charge in [-0.25, -0.2) is 28.6 Å². The molecule has 27 heteroatoms. The molecule has 2 aromatic rings. The molecule has 278 valence electrons. The molecule has 1 fully saturated rings. The zero-order valence-corrected chi connectivity index (χ0v) is 29.7. The van der Waals surface area contributed by atoms with Crippen LogP contribution in [-0.4, -0.2) is 125 Å². The monoisotopic (exact) mass is 781 g/mol. The van der Waals surface area contributed by atoms with Crippen molar-refractivity contribution >= 4 is 64.9 Å². The molecule has 0 spiro atoms. The number of aromatic nitrogens is 4. The van der Waals surface area contributed by atoms with Crippen LogP contribution in [0.2, 0.25) is 0 Å². The van der Waals surface area contributed by atoms with Crippen molar-refractivity contribution in [1.29, 1.82) is 0 Å². The average Bonchev–Trinajstić information content (AvgIpc) is 3.56. The summed E-state index contributed by atoms with van der Waals surface area (Å²) < 4.78 is 62.0. The number of carbonyl (C=O) groups excluding carboxylic acids is 2. The Balaban J connectivity index is 1.62. The highest BCUT2D eigenvalue weighted by atomic mass is 32.1. The molecule has 2 aromatic heterocycles. The molecule has 3 rings (SSSR count). The van der Waals surface area contributed by atoms with E-state index in [0.29, 0.717) is 18.1 Å². The number of thiol groups is 1. The Morgan fingerprint density at radius 1 is 1.08 bits per heavy atom. The van der Waals surface area contributed by atoms with E-state index >= 15 is 0 Å². The fourth-order valence-corrected chi connectivity index (χ4v) is 7.24. The molecule has 49 heavy (non-hydrogen) atoms. The van der Waals surface area contributed by atoms with Crippen molar-refractivity contribution in [2.24, 2.45) is 5.41 Å². The van der Waals surface area contributed by atoms with Gasteiger partial charge in [0.2, 0.25) is 11.8 Å². The lowest BCUT2D eigenvalue weighted by Crippen LogP contribution is -2.46. The molecule has 23 nitrogen and oxygen atoms in total. The second kappa shape index (κ2) is 16.9. The number of hydrogen-bond acceptors (Lipinski definition) is 17. The molecule has 7 atom stereocenters. The maximum Gasteiger partial charge on any atom is 0.481 e. The molecule has 2 unspecified atom stereocenters. The van der Waals surface area contributed by atoms with Crippen LogP contribution in [0, 0.1) is 5.41 Å². The summed E-state index contributed by atoms with van der Waals surface area (Å²) in [7, 11) is -14.7. The number of hydrogen-bond donors (Lipinski definition) is 10. The molecule has 1 aliphatic heterocycles. The number of aliphatic hydroxyl groups excluding tert-OH is 2. The number of rotatable bonds is 19. The lowest BCUT2D eigenvalue weighted by molar-refractivity contribution is -0.137. The third-order valence-electron chi connectivity index (χ3n) is 6.72. The van der Waals surface area contributed by atoms with Crippen LogP contribution in [-0.2, 0) is 45.9 Å². The summed E-state index contributed by atoms with van der Waals surface area (Å²) in [6.07, 6.45) is -6.50. The summed E-state index contributed by atoms with van der Waals surface area (Å²) in [6, 6.07) is 0. The zero-order valence-electron chi connectivity index (χ0n) is 26.1. The maximum absolute atomic E-state index is 12.6. The zero-order chi connectivity index (χ0) is 36.8. The molecule has 1 saturated heterocycles. The van der Waals surface area contributed by atoms with Gasteiger partial charge in [0.25, 0.3) is 0 Å². The van der Waals surface area contributed by atoms with Gasteiger partial charge in [0.15, 0.2) is 17.7 Å². The van der Waals surface area contributed by atoms with E-state index in [-0.39, 0.29) is 30.0 Å². The van der Waals surface area contributed by atoms with Crippen LogP contribution in [0.15, 0.2) is 12.7 Å². The van der Waals surface area contributed by atoms with Gasteiger partial charge < -0.3 is 50.5 Å². The number of anilines is 1. The summed E-state index contributed by atoms with van der Waals surface area (Å²) in [5.41, 5.74) is -1.22. The number of phosphoric ester groups is 3. The molecule has 3 heterocycles. The van der Waals surface area contributed by atoms with Gasteiger partial charge in [-0.1, -0.05) is 13.8 Å². The highest BCUT2D eigenvalue weighted by Gasteiger charge is 2.50. The van der Waals surface area contributed by atoms with Gasteiger partial charge in [-0.05, 0) is 0 Å². The van der Waals surface area contributed by atoms with Crippen molar-refractivity contribution in [3.63, 3.8) is 0 Å². The molecule has 9 N–H and O–H groups in total. The van der Waals surface area contributed by atoms with Crippen LogP contribution in [0.4, 0.5) is 5.82 Å². The van der Waals surface area contributed by atoms with Crippen molar-refractivity contribution in [3.05, 3.63) is 12.7 Å². The highest BCUT2D eigenvalue weighted by Crippen LogP contribution is 2.61. The molecular weight excluding hydrogens is 743 g/mol. The van der Waals surface area contributed by atoms with Crippen LogP contribution < -0.4 is 16.0 Å². The Morgan fingerprint density at radius 2 is 1.76 bits per heavy atom. The fraction of sp³-hybridized carbons (Fsp3) is 0.682. The highest BCUT2D eigenvalue weighted by molar-refractivity contribution is 7.80. The van der Waals surface area contributed by atoms with Gasteiger partial charge in [0, 0.05) is 37.7 Å². The maximum atomic E-state index is 12.6. The number of amides is 2. The van der Waals surface area contributed by atoms with Crippen LogP contribution >= 0.6 is 36.1 Å². The Bertz CT molecular complexity index is 1610. The van der Waals surface area contributed by atoms with E-state index in [2.05, 4.69) is 52.4 Å². The van der Waals surface area contributed by atoms with E-state index in [1.165, 1.54) is 31.1 Å². The van der Waals surface area contributed by atoms with Crippen molar-refractivity contribution in [2.45, 2.75) is 50.9 Å². The summed E-state index contributed by atoms with van der Waals surface area (Å²) in [6.45, 7) is 0.756. The summed E-state index contributed by atoms with van der Waals surface area (Å²) in [4.78, 5) is 75.2. The number of fused-ring (bicyclic) bond motifs is 1. The number of ether oxygens (including phenoxy) is 1. The molecule has 0 saturated carbocycles. The first-order chi connectivity index (χ1) is 22.7. The first-order valence-electron chi connectivity index (χ1n) is 14.1. The molecule has 0 bridgehead atoms. The van der Waals surface area contributed by atoms with Crippen molar-refractivity contribution in [2.75, 3.05) is 44.4 Å². The van der Waals surface area contributed by atoms with Crippen LogP contribution in [0.3, 0.4) is 0 Å². The number of aliphatic hydroxyl groups is 2. The van der Waals surface area contributed by atoms with E-state index < -0.39 is 78.6 Å². The number of phosphoric acid groups is 3. The van der Waals surface area contributed by atoms with Gasteiger partial charge in [-0.3, -0.25) is 27.7 Å². The lowest BCUT2D eigenvalue weighted by Gasteiger charge is -2.30. The second-order valence-electron chi connectivity index (χ2n) is 11.0. The second-order valence-corrected chi connectivity index (χ2v) is 15.7. The lowest BCUT2D eigenvalue weighted by atomic mass is 9.87. The number of nitrogens with one attached hydrogen (secondary N) is 3. The predicted molar refractivity (Wildman–Crippen MR) is 169 cm³/mol. The van der Waals surface area contributed by atoms with E-state index in [0.717, 1.165) is 0 Å². The van der Waals surface area contributed by atoms with Gasteiger partial charge in [0.1, 0.15) is 36.3 Å². The van der Waals surface area contributed by atoms with E-state index in [4.69, 9.17) is 13.8 Å². The Morgan fingerprint density at radius 3 is 2.39 bits per heavy atom. The number of carbonyl (C=O) groups is 2. The molecule has 0 radical (unpaired) electrons. The molecule has 1 aliphatic rings. The third kappa shape index (κ3) is 11.7. The number of nitrogens with zero attached hydrogens (tertiary/aromatic N) is 4. The van der Waals surface area contributed by atoms with Gasteiger partial charge >= 0.3 is 23.5 Å². The minimum atomic E-state index is -5.53. The quantitative estimate of drug-likeness (QED) is 0.0591. The molecule has 0 aliphatic carbocycles. The fourth-order valence-electron chi connectivity index (χ4n) is 4.30. The van der Waals surface area contributed by atoms with Crippen molar-refractivity contribution in [1.82, 2.24) is 30.2 Å². The first-order valence-corrected chi connectivity index (χ1v) is 19.3. The smallest absolute Gasteiger partial charge is 0.386 e. The summed E-state index contributed by atoms with van der Waals surface area (Å²) >= 11 is 3.95. The van der Waals surface area contributed by atoms with Crippen LogP contribution in [0.25, 0.3) is 11.2 Å². The standard InChI is InChI=1S/C22H38N7O16P3S/c1-22(2,17(32)20(33)25-5-4-13(30)24-6-7-49)9-42-48(39,40)45-47(37,38)41-8-12-16(44-46(34,35)36)15(31)21(43-12)29-11-28-14-18(23-3)26-10-27-19(14)29/h10-12,15-17,21,31-32,49H,4-9H2,1-3H3,(H,24,30)(H,25,33)(H,37,38)(H,39,40)(H,23,26,27)(H2,34,35,36)/t12-,15-,16-,17+,21-/m1/s1. The first kappa shape index (κ1) is 41.3.